The summed E-state index contributed by atoms with van der Waals surface area (Å²) >= 11 is 3.37. The lowest BCUT2D eigenvalue weighted by Crippen LogP contribution is -2.18. The van der Waals surface area contributed by atoms with Crippen LogP contribution in [-0.2, 0) is 0 Å². The molecule has 3 nitrogen and oxygen atoms in total. The van der Waals surface area contributed by atoms with Gasteiger partial charge in [-0.3, -0.25) is 4.79 Å². The van der Waals surface area contributed by atoms with Gasteiger partial charge in [-0.25, -0.2) is 0 Å². The third-order valence-electron chi connectivity index (χ3n) is 2.19. The largest absolute Gasteiger partial charge is 0.462 e. The number of benzene rings is 1. The number of carbonyl (C=O) groups excluding carboxylic acids is 1. The van der Waals surface area contributed by atoms with Crippen molar-refractivity contribution in [2.75, 3.05) is 13.6 Å². The molecule has 0 atom stereocenters. The van der Waals surface area contributed by atoms with Crippen LogP contribution in [-0.4, -0.2) is 19.4 Å². The summed E-state index contributed by atoms with van der Waals surface area (Å²) in [5.41, 5.74) is 1.26. The van der Waals surface area contributed by atoms with Crippen molar-refractivity contribution in [2.24, 2.45) is 0 Å². The van der Waals surface area contributed by atoms with Crippen LogP contribution >= 0.6 is 15.9 Å². The van der Waals surface area contributed by atoms with E-state index < -0.39 is 0 Å². The number of Topliss-reactive ketones (excluding diaryl/α,β-unsaturated/α-hetero) is 1. The molecule has 2 rings (SSSR count). The van der Waals surface area contributed by atoms with Gasteiger partial charge in [-0.05, 0) is 35.1 Å². The first-order valence-electron chi connectivity index (χ1n) is 4.57. The lowest BCUT2D eigenvalue weighted by Gasteiger charge is -2.00. The fourth-order valence-electron chi connectivity index (χ4n) is 1.50. The fourth-order valence-corrected chi connectivity index (χ4v) is 1.91. The molecule has 2 aromatic rings. The molecule has 0 fully saturated rings. The van der Waals surface area contributed by atoms with Crippen molar-refractivity contribution in [3.05, 3.63) is 34.5 Å². The average Bonchev–Trinajstić information content (AvgIpc) is 2.61. The third kappa shape index (κ3) is 1.82. The number of hydrogen-bond acceptors (Lipinski definition) is 3. The monoisotopic (exact) mass is 267 g/mol. The van der Waals surface area contributed by atoms with E-state index in [2.05, 4.69) is 21.2 Å². The van der Waals surface area contributed by atoms with Gasteiger partial charge in [0.2, 0.25) is 0 Å². The lowest BCUT2D eigenvalue weighted by atomic mass is 10.1. The minimum atomic E-state index is 0.0324. The van der Waals surface area contributed by atoms with Gasteiger partial charge in [0.15, 0.2) is 5.78 Å². The first-order chi connectivity index (χ1) is 7.24. The maximum atomic E-state index is 11.7. The van der Waals surface area contributed by atoms with Crippen molar-refractivity contribution in [2.45, 2.75) is 0 Å². The highest BCUT2D eigenvalue weighted by Crippen LogP contribution is 2.28. The molecule has 0 amide bonds. The highest BCUT2D eigenvalue weighted by Gasteiger charge is 2.13. The molecule has 0 saturated heterocycles. The zero-order chi connectivity index (χ0) is 10.8. The van der Waals surface area contributed by atoms with Crippen molar-refractivity contribution in [1.29, 1.82) is 0 Å². The number of nitrogens with one attached hydrogen (secondary N) is 1. The first-order valence-corrected chi connectivity index (χ1v) is 5.37. The van der Waals surface area contributed by atoms with E-state index >= 15 is 0 Å². The molecular formula is C11H10BrNO2. The summed E-state index contributed by atoms with van der Waals surface area (Å²) in [4.78, 5) is 11.7. The fraction of sp³-hybridized carbons (Fsp3) is 0.182. The zero-order valence-corrected chi connectivity index (χ0v) is 9.80. The minimum Gasteiger partial charge on any atom is -0.462 e. The molecule has 0 saturated carbocycles. The molecule has 0 bridgehead atoms. The normalized spacial score (nSPS) is 10.8. The van der Waals surface area contributed by atoms with Gasteiger partial charge < -0.3 is 9.73 Å². The van der Waals surface area contributed by atoms with Crippen molar-refractivity contribution in [3.63, 3.8) is 0 Å². The number of ketones is 1. The van der Waals surface area contributed by atoms with Gasteiger partial charge in [-0.2, -0.15) is 0 Å². The van der Waals surface area contributed by atoms with Gasteiger partial charge in [-0.1, -0.05) is 6.07 Å². The number of carbonyl (C=O) groups is 1. The zero-order valence-electron chi connectivity index (χ0n) is 8.21. The second-order valence-electron chi connectivity index (χ2n) is 3.22. The highest BCUT2D eigenvalue weighted by atomic mass is 79.9. The SMILES string of the molecule is CNCC(=O)c1cccc2c(Br)coc12. The summed E-state index contributed by atoms with van der Waals surface area (Å²) < 4.78 is 6.22. The summed E-state index contributed by atoms with van der Waals surface area (Å²) in [6.07, 6.45) is 1.60. The van der Waals surface area contributed by atoms with E-state index in [0.29, 0.717) is 17.7 Å². The smallest absolute Gasteiger partial charge is 0.180 e. The number of hydrogen-bond donors (Lipinski definition) is 1. The molecule has 0 spiro atoms. The van der Waals surface area contributed by atoms with Crippen molar-refractivity contribution in [3.8, 4) is 0 Å². The standard InChI is InChI=1S/C11H10BrNO2/c1-13-5-10(14)8-4-2-3-7-9(12)6-15-11(7)8/h2-4,6,13H,5H2,1H3. The quantitative estimate of drug-likeness (QED) is 0.870. The third-order valence-corrected chi connectivity index (χ3v) is 2.80. The van der Waals surface area contributed by atoms with Crippen molar-refractivity contribution in [1.82, 2.24) is 5.32 Å². The van der Waals surface area contributed by atoms with Gasteiger partial charge in [0, 0.05) is 5.39 Å². The molecule has 1 aromatic carbocycles. The summed E-state index contributed by atoms with van der Waals surface area (Å²) in [7, 11) is 1.75. The van der Waals surface area contributed by atoms with Crippen LogP contribution in [0.2, 0.25) is 0 Å². The first kappa shape index (κ1) is 10.4. The Hall–Kier alpha value is -1.13. The molecule has 1 N–H and O–H groups in total. The maximum absolute atomic E-state index is 11.7. The molecule has 0 aliphatic rings. The Morgan fingerprint density at radius 3 is 3.07 bits per heavy atom. The van der Waals surface area contributed by atoms with E-state index in [1.54, 1.807) is 19.4 Å². The number of halogens is 1. The molecule has 78 valence electrons. The summed E-state index contributed by atoms with van der Waals surface area (Å²) in [6, 6.07) is 5.54. The van der Waals surface area contributed by atoms with E-state index in [4.69, 9.17) is 4.42 Å². The predicted octanol–water partition coefficient (Wildman–Crippen LogP) is 2.60. The van der Waals surface area contributed by atoms with E-state index in [1.165, 1.54) is 0 Å². The Labute approximate surface area is 95.6 Å². The van der Waals surface area contributed by atoms with Crippen molar-refractivity contribution >= 4 is 32.7 Å². The Balaban J connectivity index is 2.56. The molecule has 0 aliphatic heterocycles. The Bertz CT molecular complexity index is 504. The van der Waals surface area contributed by atoms with E-state index in [1.807, 2.05) is 12.1 Å². The van der Waals surface area contributed by atoms with Crippen molar-refractivity contribution < 1.29 is 9.21 Å². The Kier molecular flexibility index (Phi) is 2.88. The van der Waals surface area contributed by atoms with Crippen LogP contribution in [0, 0.1) is 0 Å². The van der Waals surface area contributed by atoms with E-state index in [9.17, 15) is 4.79 Å². The molecular weight excluding hydrogens is 258 g/mol. The van der Waals surface area contributed by atoms with Crippen LogP contribution in [0.5, 0.6) is 0 Å². The summed E-state index contributed by atoms with van der Waals surface area (Å²) in [5, 5.41) is 3.76. The molecule has 15 heavy (non-hydrogen) atoms. The van der Waals surface area contributed by atoms with Gasteiger partial charge in [-0.15, -0.1) is 0 Å². The molecule has 4 heteroatoms. The predicted molar refractivity (Wildman–Crippen MR) is 62.2 cm³/mol. The summed E-state index contributed by atoms with van der Waals surface area (Å²) in [5.74, 6) is 0.0324. The second-order valence-corrected chi connectivity index (χ2v) is 4.07. The Morgan fingerprint density at radius 1 is 1.53 bits per heavy atom. The summed E-state index contributed by atoms with van der Waals surface area (Å²) in [6.45, 7) is 0.317. The number of para-hydroxylation sites is 1. The molecule has 0 aliphatic carbocycles. The Morgan fingerprint density at radius 2 is 2.33 bits per heavy atom. The lowest BCUT2D eigenvalue weighted by molar-refractivity contribution is 0.0994. The number of likely N-dealkylation sites (N-methyl/N-ethyl adjacent to an activating group) is 1. The van der Waals surface area contributed by atoms with Gasteiger partial charge in [0.1, 0.15) is 11.8 Å². The van der Waals surface area contributed by atoms with Gasteiger partial charge >= 0.3 is 0 Å². The van der Waals surface area contributed by atoms with E-state index in [-0.39, 0.29) is 5.78 Å². The number of fused-ring (bicyclic) bond motifs is 1. The molecule has 0 radical (unpaired) electrons. The van der Waals surface area contributed by atoms with Crippen LogP contribution in [0.15, 0.2) is 33.4 Å². The van der Waals surface area contributed by atoms with Crippen LogP contribution in [0.3, 0.4) is 0 Å². The molecule has 1 heterocycles. The van der Waals surface area contributed by atoms with E-state index in [0.717, 1.165) is 9.86 Å². The second kappa shape index (κ2) is 4.16. The molecule has 1 aromatic heterocycles. The number of rotatable bonds is 3. The topological polar surface area (TPSA) is 42.2 Å². The van der Waals surface area contributed by atoms with Crippen LogP contribution in [0.25, 0.3) is 11.0 Å². The molecule has 0 unspecified atom stereocenters. The highest BCUT2D eigenvalue weighted by molar-refractivity contribution is 9.10. The minimum absolute atomic E-state index is 0.0324. The average molecular weight is 268 g/mol. The van der Waals surface area contributed by atoms with Gasteiger partial charge in [0.05, 0.1) is 16.6 Å². The maximum Gasteiger partial charge on any atom is 0.180 e. The van der Waals surface area contributed by atoms with Crippen LogP contribution < -0.4 is 5.32 Å². The van der Waals surface area contributed by atoms with Crippen LogP contribution in [0.4, 0.5) is 0 Å². The van der Waals surface area contributed by atoms with Crippen LogP contribution in [0.1, 0.15) is 10.4 Å². The van der Waals surface area contributed by atoms with Gasteiger partial charge in [0.25, 0.3) is 0 Å². The number of furan rings is 1.